The van der Waals surface area contributed by atoms with Crippen molar-refractivity contribution in [3.63, 3.8) is 0 Å². The Hall–Kier alpha value is -2.47. The zero-order valence-electron chi connectivity index (χ0n) is 14.8. The molecule has 3 aromatic heterocycles. The van der Waals surface area contributed by atoms with E-state index in [-0.39, 0.29) is 18.1 Å². The van der Waals surface area contributed by atoms with E-state index in [0.29, 0.717) is 22.1 Å². The number of rotatable bonds is 3. The van der Waals surface area contributed by atoms with Crippen LogP contribution in [0.3, 0.4) is 0 Å². The van der Waals surface area contributed by atoms with Crippen molar-refractivity contribution in [1.29, 1.82) is 0 Å². The summed E-state index contributed by atoms with van der Waals surface area (Å²) >= 11 is 1.53. The smallest absolute Gasteiger partial charge is 0.348 e. The van der Waals surface area contributed by atoms with Crippen molar-refractivity contribution in [2.24, 2.45) is 5.92 Å². The number of hydrogen-bond donors (Lipinski definition) is 0. The third-order valence-corrected chi connectivity index (χ3v) is 6.03. The van der Waals surface area contributed by atoms with Gasteiger partial charge in [-0.1, -0.05) is 13.0 Å². The maximum absolute atomic E-state index is 12.4. The average molecular weight is 368 g/mol. The molecule has 0 unspecified atom stereocenters. The van der Waals surface area contributed by atoms with E-state index in [1.54, 1.807) is 10.5 Å². The normalized spacial score (nSPS) is 16.5. The van der Waals surface area contributed by atoms with Gasteiger partial charge in [0.15, 0.2) is 0 Å². The average Bonchev–Trinajstić information content (AvgIpc) is 3.02. The van der Waals surface area contributed by atoms with Crippen molar-refractivity contribution >= 4 is 23.0 Å². The van der Waals surface area contributed by atoms with Gasteiger partial charge in [-0.15, -0.1) is 11.3 Å². The zero-order valence-corrected chi connectivity index (χ0v) is 15.6. The quantitative estimate of drug-likeness (QED) is 0.664. The molecule has 0 fully saturated rings. The van der Waals surface area contributed by atoms with Gasteiger partial charge in [-0.05, 0) is 55.9 Å². The first-order chi connectivity index (χ1) is 12.5. The molecule has 4 rings (SSSR count). The number of aryl methyl sites for hydroxylation is 2. The fraction of sp³-hybridized carbons (Fsp3) is 0.350. The van der Waals surface area contributed by atoms with E-state index >= 15 is 0 Å². The van der Waals surface area contributed by atoms with Crippen LogP contribution in [0.4, 0.5) is 0 Å². The summed E-state index contributed by atoms with van der Waals surface area (Å²) in [5.74, 6) is 0.322. The van der Waals surface area contributed by atoms with E-state index in [0.717, 1.165) is 18.5 Å². The Bertz CT molecular complexity index is 1050. The van der Waals surface area contributed by atoms with Gasteiger partial charge < -0.3 is 4.74 Å². The number of thiophene rings is 1. The Kier molecular flexibility index (Phi) is 4.36. The van der Waals surface area contributed by atoms with Crippen LogP contribution in [0, 0.1) is 12.8 Å². The van der Waals surface area contributed by atoms with Gasteiger partial charge in [-0.3, -0.25) is 9.20 Å². The molecule has 0 radical (unpaired) electrons. The second-order valence-electron chi connectivity index (χ2n) is 6.93. The van der Waals surface area contributed by atoms with Gasteiger partial charge in [0.25, 0.3) is 5.56 Å². The molecule has 26 heavy (non-hydrogen) atoms. The van der Waals surface area contributed by atoms with Gasteiger partial charge in [0.1, 0.15) is 17.1 Å². The van der Waals surface area contributed by atoms with Crippen LogP contribution >= 0.6 is 11.3 Å². The lowest BCUT2D eigenvalue weighted by Crippen LogP contribution is -2.18. The first-order valence-corrected chi connectivity index (χ1v) is 9.60. The third kappa shape index (κ3) is 3.17. The van der Waals surface area contributed by atoms with E-state index in [2.05, 4.69) is 11.9 Å². The Balaban J connectivity index is 1.51. The summed E-state index contributed by atoms with van der Waals surface area (Å²) in [6.45, 7) is 4.09. The Morgan fingerprint density at radius 2 is 2.23 bits per heavy atom. The number of ether oxygens (including phenoxy) is 1. The maximum atomic E-state index is 12.4. The van der Waals surface area contributed by atoms with Gasteiger partial charge in [0.05, 0.1) is 5.69 Å². The van der Waals surface area contributed by atoms with Crippen LogP contribution in [0.2, 0.25) is 0 Å². The summed E-state index contributed by atoms with van der Waals surface area (Å²) in [6.07, 6.45) is 3.24. The summed E-state index contributed by atoms with van der Waals surface area (Å²) in [7, 11) is 0. The molecular formula is C20H20N2O3S. The molecule has 3 heterocycles. The summed E-state index contributed by atoms with van der Waals surface area (Å²) in [6, 6.07) is 8.87. The van der Waals surface area contributed by atoms with Gasteiger partial charge in [-0.2, -0.15) is 0 Å². The SMILES string of the molecule is Cc1cccc2nc(COC(=O)c3cc4c(s3)CC[C@@H](C)C4)cc(=O)n12. The van der Waals surface area contributed by atoms with Crippen LogP contribution < -0.4 is 5.56 Å². The molecule has 0 bridgehead atoms. The lowest BCUT2D eigenvalue weighted by molar-refractivity contribution is 0.0473. The standard InChI is InChI=1S/C20H20N2O3S/c1-12-6-7-16-14(8-12)9-17(26-16)20(24)25-11-15-10-19(23)22-13(2)4-3-5-18(22)21-15/h3-5,9-10,12H,6-8,11H2,1-2H3/t12-/m1/s1. The second kappa shape index (κ2) is 6.68. The lowest BCUT2D eigenvalue weighted by Gasteiger charge is -2.16. The van der Waals surface area contributed by atoms with Crippen LogP contribution in [-0.2, 0) is 24.2 Å². The van der Waals surface area contributed by atoms with E-state index in [1.807, 2.05) is 25.1 Å². The van der Waals surface area contributed by atoms with E-state index in [1.165, 1.54) is 34.3 Å². The first-order valence-electron chi connectivity index (χ1n) is 8.78. The lowest BCUT2D eigenvalue weighted by atomic mass is 9.90. The molecule has 0 aliphatic heterocycles. The Labute approximate surface area is 155 Å². The molecule has 1 aliphatic rings. The predicted molar refractivity (Wildman–Crippen MR) is 101 cm³/mol. The summed E-state index contributed by atoms with van der Waals surface area (Å²) in [5.41, 5.74) is 2.95. The van der Waals surface area contributed by atoms with Crippen molar-refractivity contribution in [2.45, 2.75) is 39.7 Å². The van der Waals surface area contributed by atoms with Crippen molar-refractivity contribution in [3.8, 4) is 0 Å². The fourth-order valence-corrected chi connectivity index (χ4v) is 4.56. The van der Waals surface area contributed by atoms with E-state index in [4.69, 9.17) is 4.74 Å². The number of nitrogens with zero attached hydrogens (tertiary/aromatic N) is 2. The predicted octanol–water partition coefficient (Wildman–Crippen LogP) is 3.55. The summed E-state index contributed by atoms with van der Waals surface area (Å²) < 4.78 is 6.96. The van der Waals surface area contributed by atoms with Crippen LogP contribution in [0.15, 0.2) is 35.1 Å². The molecule has 5 nitrogen and oxygen atoms in total. The number of hydrogen-bond acceptors (Lipinski definition) is 5. The van der Waals surface area contributed by atoms with Gasteiger partial charge in [0.2, 0.25) is 0 Å². The monoisotopic (exact) mass is 368 g/mol. The van der Waals surface area contributed by atoms with Crippen LogP contribution in [-0.4, -0.2) is 15.4 Å². The van der Waals surface area contributed by atoms with Crippen molar-refractivity contribution in [1.82, 2.24) is 9.38 Å². The first kappa shape index (κ1) is 17.0. The molecular weight excluding hydrogens is 348 g/mol. The minimum atomic E-state index is -0.344. The second-order valence-corrected chi connectivity index (χ2v) is 8.07. The third-order valence-electron chi connectivity index (χ3n) is 4.81. The number of pyridine rings is 1. The number of aromatic nitrogens is 2. The summed E-state index contributed by atoms with van der Waals surface area (Å²) in [5, 5.41) is 0. The van der Waals surface area contributed by atoms with Gasteiger partial charge in [-0.25, -0.2) is 9.78 Å². The molecule has 0 aromatic carbocycles. The molecule has 134 valence electrons. The highest BCUT2D eigenvalue weighted by atomic mass is 32.1. The number of carbonyl (C=O) groups is 1. The van der Waals surface area contributed by atoms with E-state index < -0.39 is 0 Å². The van der Waals surface area contributed by atoms with Crippen molar-refractivity contribution in [3.05, 3.63) is 67.4 Å². The summed E-state index contributed by atoms with van der Waals surface area (Å²) in [4.78, 5) is 31.0. The number of fused-ring (bicyclic) bond motifs is 2. The highest BCUT2D eigenvalue weighted by Gasteiger charge is 2.21. The Morgan fingerprint density at radius 1 is 1.38 bits per heavy atom. The largest absolute Gasteiger partial charge is 0.455 e. The molecule has 0 saturated carbocycles. The molecule has 1 atom stereocenters. The van der Waals surface area contributed by atoms with Crippen LogP contribution in [0.5, 0.6) is 0 Å². The Morgan fingerprint density at radius 3 is 3.08 bits per heavy atom. The molecule has 0 N–H and O–H groups in total. The topological polar surface area (TPSA) is 60.7 Å². The molecule has 0 amide bonds. The number of esters is 1. The van der Waals surface area contributed by atoms with Gasteiger partial charge in [0, 0.05) is 16.6 Å². The highest BCUT2D eigenvalue weighted by Crippen LogP contribution is 2.32. The van der Waals surface area contributed by atoms with Crippen molar-refractivity contribution < 1.29 is 9.53 Å². The zero-order chi connectivity index (χ0) is 18.3. The van der Waals surface area contributed by atoms with Gasteiger partial charge >= 0.3 is 5.97 Å². The highest BCUT2D eigenvalue weighted by molar-refractivity contribution is 7.14. The number of carbonyl (C=O) groups excluding carboxylic acids is 1. The molecule has 6 heteroatoms. The molecule has 3 aromatic rings. The fourth-order valence-electron chi connectivity index (χ4n) is 3.45. The van der Waals surface area contributed by atoms with Crippen molar-refractivity contribution in [2.75, 3.05) is 0 Å². The van der Waals surface area contributed by atoms with Crippen LogP contribution in [0.1, 0.15) is 44.8 Å². The van der Waals surface area contributed by atoms with E-state index in [9.17, 15) is 9.59 Å². The molecule has 0 spiro atoms. The van der Waals surface area contributed by atoms with Crippen LogP contribution in [0.25, 0.3) is 5.65 Å². The molecule has 0 saturated heterocycles. The minimum Gasteiger partial charge on any atom is -0.455 e. The maximum Gasteiger partial charge on any atom is 0.348 e. The minimum absolute atomic E-state index is 0.00250. The molecule has 1 aliphatic carbocycles.